The molecule has 2 heterocycles. The summed E-state index contributed by atoms with van der Waals surface area (Å²) in [4.78, 5) is 15.0. The molecule has 8 nitrogen and oxygen atoms in total. The smallest absolute Gasteiger partial charge is 0.221 e. The molecule has 1 atom stereocenters. The number of carbonyl (C=O) groups is 1. The fourth-order valence-corrected chi connectivity index (χ4v) is 4.25. The molecule has 1 aliphatic rings. The summed E-state index contributed by atoms with van der Waals surface area (Å²) in [5, 5.41) is 10.2. The fraction of sp³-hybridized carbons (Fsp3) is 0.375. The SMILES string of the molecule is COc1ccc(-c2n[nH]c(=S)n2CCC(=O)NCC(c2ccc(F)cc2)N2CCOCC2)cc1. The number of halogens is 1. The molecule has 1 aromatic heterocycles. The first kappa shape index (κ1) is 24.1. The van der Waals surface area contributed by atoms with Crippen molar-refractivity contribution in [2.75, 3.05) is 40.0 Å². The van der Waals surface area contributed by atoms with Crippen LogP contribution in [0.15, 0.2) is 48.5 Å². The predicted molar refractivity (Wildman–Crippen MR) is 129 cm³/mol. The summed E-state index contributed by atoms with van der Waals surface area (Å²) in [7, 11) is 1.61. The van der Waals surface area contributed by atoms with Gasteiger partial charge in [-0.3, -0.25) is 19.4 Å². The molecule has 34 heavy (non-hydrogen) atoms. The van der Waals surface area contributed by atoms with E-state index >= 15 is 0 Å². The van der Waals surface area contributed by atoms with E-state index in [2.05, 4.69) is 20.4 Å². The highest BCUT2D eigenvalue weighted by atomic mass is 32.1. The topological polar surface area (TPSA) is 84.4 Å². The van der Waals surface area contributed by atoms with Gasteiger partial charge in [0.2, 0.25) is 5.91 Å². The van der Waals surface area contributed by atoms with E-state index in [1.165, 1.54) is 12.1 Å². The molecule has 0 radical (unpaired) electrons. The van der Waals surface area contributed by atoms with Gasteiger partial charge in [-0.2, -0.15) is 5.10 Å². The van der Waals surface area contributed by atoms with Crippen LogP contribution in [-0.2, 0) is 16.1 Å². The van der Waals surface area contributed by atoms with Gasteiger partial charge in [0.05, 0.1) is 26.4 Å². The van der Waals surface area contributed by atoms with Crippen LogP contribution < -0.4 is 10.1 Å². The maximum atomic E-state index is 13.4. The van der Waals surface area contributed by atoms with E-state index in [4.69, 9.17) is 21.7 Å². The van der Waals surface area contributed by atoms with Crippen molar-refractivity contribution in [1.29, 1.82) is 0 Å². The number of nitrogens with zero attached hydrogens (tertiary/aromatic N) is 3. The summed E-state index contributed by atoms with van der Waals surface area (Å²) in [5.41, 5.74) is 1.83. The maximum absolute atomic E-state index is 13.4. The number of morpholine rings is 1. The van der Waals surface area contributed by atoms with Gasteiger partial charge in [0.25, 0.3) is 0 Å². The lowest BCUT2D eigenvalue weighted by Crippen LogP contribution is -2.43. The van der Waals surface area contributed by atoms with Crippen molar-refractivity contribution in [2.45, 2.75) is 19.0 Å². The van der Waals surface area contributed by atoms with Crippen molar-refractivity contribution in [3.05, 3.63) is 64.7 Å². The van der Waals surface area contributed by atoms with E-state index < -0.39 is 0 Å². The number of hydrogen-bond acceptors (Lipinski definition) is 6. The van der Waals surface area contributed by atoms with Crippen molar-refractivity contribution >= 4 is 18.1 Å². The number of aromatic amines is 1. The number of rotatable bonds is 9. The molecule has 2 aromatic carbocycles. The van der Waals surface area contributed by atoms with Crippen molar-refractivity contribution in [3.63, 3.8) is 0 Å². The molecule has 0 spiro atoms. The highest BCUT2D eigenvalue weighted by Gasteiger charge is 2.23. The number of nitrogens with one attached hydrogen (secondary N) is 2. The van der Waals surface area contributed by atoms with Crippen LogP contribution in [0.4, 0.5) is 4.39 Å². The highest BCUT2D eigenvalue weighted by Crippen LogP contribution is 2.23. The quantitative estimate of drug-likeness (QED) is 0.453. The lowest BCUT2D eigenvalue weighted by molar-refractivity contribution is -0.121. The third kappa shape index (κ3) is 5.88. The summed E-state index contributed by atoms with van der Waals surface area (Å²) >= 11 is 5.38. The number of benzene rings is 2. The van der Waals surface area contributed by atoms with Crippen LogP contribution in [-0.4, -0.2) is 65.5 Å². The van der Waals surface area contributed by atoms with Crippen LogP contribution in [0.2, 0.25) is 0 Å². The second kappa shape index (κ2) is 11.4. The average molecular weight is 486 g/mol. The van der Waals surface area contributed by atoms with Crippen molar-refractivity contribution in [1.82, 2.24) is 25.0 Å². The molecule has 1 unspecified atom stereocenters. The number of amides is 1. The summed E-state index contributed by atoms with van der Waals surface area (Å²) in [6.45, 7) is 3.60. The maximum Gasteiger partial charge on any atom is 0.221 e. The number of aromatic nitrogens is 3. The van der Waals surface area contributed by atoms with Gasteiger partial charge in [-0.15, -0.1) is 0 Å². The Balaban J connectivity index is 1.39. The molecule has 4 rings (SSSR count). The van der Waals surface area contributed by atoms with Crippen molar-refractivity contribution in [3.8, 4) is 17.1 Å². The zero-order valence-electron chi connectivity index (χ0n) is 19.0. The van der Waals surface area contributed by atoms with E-state index in [1.807, 2.05) is 28.8 Å². The Morgan fingerprint density at radius 3 is 2.59 bits per heavy atom. The Morgan fingerprint density at radius 1 is 1.21 bits per heavy atom. The fourth-order valence-electron chi connectivity index (χ4n) is 4.03. The summed E-state index contributed by atoms with van der Waals surface area (Å²) in [6, 6.07) is 13.9. The van der Waals surface area contributed by atoms with Gasteiger partial charge in [0.1, 0.15) is 11.6 Å². The highest BCUT2D eigenvalue weighted by molar-refractivity contribution is 7.71. The van der Waals surface area contributed by atoms with E-state index in [1.54, 1.807) is 19.2 Å². The van der Waals surface area contributed by atoms with E-state index in [9.17, 15) is 9.18 Å². The van der Waals surface area contributed by atoms with Gasteiger partial charge in [0, 0.05) is 38.2 Å². The number of methoxy groups -OCH3 is 1. The van der Waals surface area contributed by atoms with Gasteiger partial charge < -0.3 is 14.8 Å². The van der Waals surface area contributed by atoms with E-state index in [0.29, 0.717) is 36.9 Å². The minimum Gasteiger partial charge on any atom is -0.497 e. The van der Waals surface area contributed by atoms with Crippen molar-refractivity contribution in [2.24, 2.45) is 0 Å². The molecule has 1 fully saturated rings. The normalized spacial score (nSPS) is 15.1. The number of hydrogen-bond donors (Lipinski definition) is 2. The Labute approximate surface area is 202 Å². The molecule has 1 aliphatic heterocycles. The molecule has 1 amide bonds. The summed E-state index contributed by atoms with van der Waals surface area (Å²) in [5.74, 6) is 1.04. The molecular weight excluding hydrogens is 457 g/mol. The van der Waals surface area contributed by atoms with Crippen LogP contribution in [0.5, 0.6) is 5.75 Å². The van der Waals surface area contributed by atoms with Gasteiger partial charge in [-0.25, -0.2) is 4.39 Å². The van der Waals surface area contributed by atoms with E-state index in [0.717, 1.165) is 30.0 Å². The molecule has 180 valence electrons. The van der Waals surface area contributed by atoms with Crippen molar-refractivity contribution < 1.29 is 18.7 Å². The zero-order chi connectivity index (χ0) is 23.9. The lowest BCUT2D eigenvalue weighted by Gasteiger charge is -2.35. The van der Waals surface area contributed by atoms with E-state index in [-0.39, 0.29) is 24.2 Å². The largest absolute Gasteiger partial charge is 0.497 e. The predicted octanol–water partition coefficient (Wildman–Crippen LogP) is 3.34. The standard InChI is InChI=1S/C24H28FN5O3S/c1-32-20-8-4-18(5-9-20)23-27-28-24(34)30(23)11-10-22(31)26-16-21(29-12-14-33-15-13-29)17-2-6-19(25)7-3-17/h2-9,21H,10-16H2,1H3,(H,26,31)(H,28,34). The molecule has 1 saturated heterocycles. The second-order valence-electron chi connectivity index (χ2n) is 8.00. The van der Waals surface area contributed by atoms with Crippen LogP contribution in [0.1, 0.15) is 18.0 Å². The molecular formula is C24H28FN5O3S. The average Bonchev–Trinajstić information content (AvgIpc) is 3.24. The lowest BCUT2D eigenvalue weighted by atomic mass is 10.0. The van der Waals surface area contributed by atoms with Gasteiger partial charge in [0.15, 0.2) is 10.6 Å². The van der Waals surface area contributed by atoms with Gasteiger partial charge >= 0.3 is 0 Å². The third-order valence-electron chi connectivity index (χ3n) is 5.90. The monoisotopic (exact) mass is 485 g/mol. The third-order valence-corrected chi connectivity index (χ3v) is 6.21. The van der Waals surface area contributed by atoms with Gasteiger partial charge in [-0.05, 0) is 54.2 Å². The molecule has 2 N–H and O–H groups in total. The number of H-pyrrole nitrogens is 1. The summed E-state index contributed by atoms with van der Waals surface area (Å²) < 4.78 is 26.4. The molecule has 0 bridgehead atoms. The van der Waals surface area contributed by atoms with Crippen LogP contribution in [0.25, 0.3) is 11.4 Å². The number of carbonyl (C=O) groups excluding carboxylic acids is 1. The summed E-state index contributed by atoms with van der Waals surface area (Å²) in [6.07, 6.45) is 0.246. The van der Waals surface area contributed by atoms with Gasteiger partial charge in [-0.1, -0.05) is 12.1 Å². The van der Waals surface area contributed by atoms with Crippen LogP contribution in [0, 0.1) is 10.6 Å². The van der Waals surface area contributed by atoms with Crippen LogP contribution in [0.3, 0.4) is 0 Å². The Morgan fingerprint density at radius 2 is 1.91 bits per heavy atom. The number of ether oxygens (including phenoxy) is 2. The first-order valence-electron chi connectivity index (χ1n) is 11.2. The zero-order valence-corrected chi connectivity index (χ0v) is 19.8. The molecule has 3 aromatic rings. The molecule has 0 aliphatic carbocycles. The minimum absolute atomic E-state index is 0.0561. The molecule has 10 heteroatoms. The first-order valence-corrected chi connectivity index (χ1v) is 11.6. The Hall–Kier alpha value is -3.08. The minimum atomic E-state index is -0.280. The molecule has 0 saturated carbocycles. The van der Waals surface area contributed by atoms with Crippen LogP contribution >= 0.6 is 12.2 Å². The Kier molecular flexibility index (Phi) is 8.04. The first-order chi connectivity index (χ1) is 16.5. The second-order valence-corrected chi connectivity index (χ2v) is 8.39. The Bertz CT molecular complexity index is 1140.